The van der Waals surface area contributed by atoms with Gasteiger partial charge in [-0.2, -0.15) is 0 Å². The van der Waals surface area contributed by atoms with Gasteiger partial charge in [-0.25, -0.2) is 0 Å². The maximum absolute atomic E-state index is 13.2. The number of hydrogen-bond acceptors (Lipinski definition) is 5. The van der Waals surface area contributed by atoms with Gasteiger partial charge < -0.3 is 22.1 Å². The first-order valence-electron chi connectivity index (χ1n) is 12.0. The first-order chi connectivity index (χ1) is 15.3. The van der Waals surface area contributed by atoms with Crippen molar-refractivity contribution < 1.29 is 9.59 Å². The van der Waals surface area contributed by atoms with Crippen molar-refractivity contribution in [2.75, 3.05) is 0 Å². The third-order valence-corrected chi connectivity index (χ3v) is 8.40. The van der Waals surface area contributed by atoms with Crippen molar-refractivity contribution in [1.82, 2.24) is 10.6 Å². The number of nitrogen functional groups attached to an aromatic ring is 1. The Morgan fingerprint density at radius 2 is 1.84 bits per heavy atom. The van der Waals surface area contributed by atoms with E-state index in [1.165, 1.54) is 49.9 Å². The molecule has 1 heterocycles. The quantitative estimate of drug-likeness (QED) is 0.285. The van der Waals surface area contributed by atoms with Crippen LogP contribution in [0.3, 0.4) is 0 Å². The third-order valence-electron chi connectivity index (χ3n) is 7.28. The predicted molar refractivity (Wildman–Crippen MR) is 129 cm³/mol. The Labute approximate surface area is 195 Å². The van der Waals surface area contributed by atoms with Crippen LogP contribution < -0.4 is 22.1 Å². The standard InChI is InChI=1S/C24H39N5O2S/c1-14(2)21(25)24(31)29-19(12-16-8-5-7-15-6-3-4-9-18(15)16)23(30)28-13-17-10-11-20(32-17)22(26)27/h10-11,14-16,18-19,21H,3-9,12-13,25H2,1-2H3,(H3,26,27)(H,28,30)(H,29,31)/t15?,16?,18?,19-,21+/m1/s1. The fourth-order valence-electron chi connectivity index (χ4n) is 5.38. The van der Waals surface area contributed by atoms with Crippen LogP contribution in [0, 0.1) is 29.1 Å². The minimum atomic E-state index is -0.630. The second kappa shape index (κ2) is 11.3. The van der Waals surface area contributed by atoms with Gasteiger partial charge in [0.05, 0.1) is 17.5 Å². The second-order valence-electron chi connectivity index (χ2n) is 9.86. The van der Waals surface area contributed by atoms with Crippen LogP contribution in [0.5, 0.6) is 0 Å². The summed E-state index contributed by atoms with van der Waals surface area (Å²) < 4.78 is 0. The van der Waals surface area contributed by atoms with Crippen molar-refractivity contribution in [2.45, 2.75) is 83.8 Å². The first-order valence-corrected chi connectivity index (χ1v) is 12.8. The van der Waals surface area contributed by atoms with Crippen molar-refractivity contribution in [3.63, 3.8) is 0 Å². The smallest absolute Gasteiger partial charge is 0.242 e. The number of thiophene rings is 1. The Hall–Kier alpha value is -1.93. The summed E-state index contributed by atoms with van der Waals surface area (Å²) in [4.78, 5) is 27.5. The van der Waals surface area contributed by atoms with Gasteiger partial charge in [-0.05, 0) is 48.6 Å². The fourth-order valence-corrected chi connectivity index (χ4v) is 6.19. The Balaban J connectivity index is 1.68. The molecule has 1 aromatic rings. The monoisotopic (exact) mass is 461 g/mol. The molecule has 0 aliphatic heterocycles. The minimum absolute atomic E-state index is 0.00670. The van der Waals surface area contributed by atoms with Gasteiger partial charge in [0.25, 0.3) is 0 Å². The molecule has 3 unspecified atom stereocenters. The molecule has 0 spiro atoms. The molecule has 2 aliphatic rings. The van der Waals surface area contributed by atoms with E-state index in [9.17, 15) is 9.59 Å². The van der Waals surface area contributed by atoms with Crippen LogP contribution >= 0.6 is 11.3 Å². The second-order valence-corrected chi connectivity index (χ2v) is 11.0. The summed E-state index contributed by atoms with van der Waals surface area (Å²) >= 11 is 1.40. The van der Waals surface area contributed by atoms with Gasteiger partial charge in [0.1, 0.15) is 11.9 Å². The lowest BCUT2D eigenvalue weighted by atomic mass is 9.64. The van der Waals surface area contributed by atoms with E-state index in [0.717, 1.165) is 17.2 Å². The highest BCUT2D eigenvalue weighted by atomic mass is 32.1. The highest BCUT2D eigenvalue weighted by Crippen LogP contribution is 2.45. The molecule has 1 aromatic heterocycles. The molecule has 0 radical (unpaired) electrons. The fraction of sp³-hybridized carbons (Fsp3) is 0.708. The highest BCUT2D eigenvalue weighted by Gasteiger charge is 2.37. The van der Waals surface area contributed by atoms with Crippen LogP contribution in [-0.2, 0) is 16.1 Å². The zero-order chi connectivity index (χ0) is 23.3. The molecule has 2 fully saturated rings. The zero-order valence-corrected chi connectivity index (χ0v) is 20.2. The highest BCUT2D eigenvalue weighted by molar-refractivity contribution is 7.14. The number of nitrogens with one attached hydrogen (secondary N) is 3. The van der Waals surface area contributed by atoms with Gasteiger partial charge in [0.2, 0.25) is 11.8 Å². The average molecular weight is 462 g/mol. The molecule has 8 heteroatoms. The van der Waals surface area contributed by atoms with Crippen molar-refractivity contribution in [2.24, 2.45) is 35.1 Å². The maximum atomic E-state index is 13.2. The van der Waals surface area contributed by atoms with Crippen LogP contribution in [0.15, 0.2) is 12.1 Å². The van der Waals surface area contributed by atoms with Crippen LogP contribution in [-0.4, -0.2) is 29.7 Å². The van der Waals surface area contributed by atoms with Crippen LogP contribution in [0.25, 0.3) is 0 Å². The van der Waals surface area contributed by atoms with Gasteiger partial charge >= 0.3 is 0 Å². The molecule has 2 amide bonds. The molecule has 7 N–H and O–H groups in total. The topological polar surface area (TPSA) is 134 Å². The van der Waals surface area contributed by atoms with Crippen LogP contribution in [0.1, 0.15) is 75.0 Å². The minimum Gasteiger partial charge on any atom is -0.383 e. The lowest BCUT2D eigenvalue weighted by molar-refractivity contribution is -0.131. The molecular formula is C24H39N5O2S. The molecule has 2 aliphatic carbocycles. The largest absolute Gasteiger partial charge is 0.383 e. The number of nitrogens with two attached hydrogens (primary N) is 2. The van der Waals surface area contributed by atoms with Gasteiger partial charge in [-0.3, -0.25) is 15.0 Å². The molecule has 2 saturated carbocycles. The molecular weight excluding hydrogens is 422 g/mol. The SMILES string of the molecule is CC(C)[C@H](N)C(=O)N[C@H](CC1CCCC2CCCCC21)C(=O)NCc1ccc(C(=N)N)s1. The van der Waals surface area contributed by atoms with E-state index < -0.39 is 12.1 Å². The number of carbonyl (C=O) groups excluding carboxylic acids is 2. The van der Waals surface area contributed by atoms with Gasteiger partial charge in [-0.1, -0.05) is 52.4 Å². The molecule has 0 aromatic carbocycles. The number of rotatable bonds is 9. The van der Waals surface area contributed by atoms with E-state index in [1.54, 1.807) is 6.07 Å². The lowest BCUT2D eigenvalue weighted by Crippen LogP contribution is -2.54. The average Bonchev–Trinajstić information content (AvgIpc) is 3.26. The molecule has 3 rings (SSSR count). The molecule has 32 heavy (non-hydrogen) atoms. The first kappa shape index (κ1) is 24.7. The van der Waals surface area contributed by atoms with Crippen LogP contribution in [0.4, 0.5) is 0 Å². The number of amides is 2. The summed E-state index contributed by atoms with van der Waals surface area (Å²) in [5.74, 6) is 1.52. The van der Waals surface area contributed by atoms with Gasteiger partial charge in [0.15, 0.2) is 0 Å². The van der Waals surface area contributed by atoms with E-state index in [0.29, 0.717) is 29.7 Å². The molecule has 0 saturated heterocycles. The Bertz CT molecular complexity index is 806. The molecule has 7 nitrogen and oxygen atoms in total. The summed E-state index contributed by atoms with van der Waals surface area (Å²) in [5.41, 5.74) is 11.6. The normalized spacial score (nSPS) is 24.9. The van der Waals surface area contributed by atoms with E-state index in [1.807, 2.05) is 19.9 Å². The summed E-state index contributed by atoms with van der Waals surface area (Å²) in [6.45, 7) is 4.18. The van der Waals surface area contributed by atoms with E-state index in [4.69, 9.17) is 16.9 Å². The Morgan fingerprint density at radius 3 is 2.53 bits per heavy atom. The predicted octanol–water partition coefficient (Wildman–Crippen LogP) is 3.11. The third kappa shape index (κ3) is 6.32. The zero-order valence-electron chi connectivity index (χ0n) is 19.4. The molecule has 0 bridgehead atoms. The number of carbonyl (C=O) groups is 2. The van der Waals surface area contributed by atoms with Crippen molar-refractivity contribution in [3.8, 4) is 0 Å². The van der Waals surface area contributed by atoms with E-state index in [-0.39, 0.29) is 23.6 Å². The van der Waals surface area contributed by atoms with Gasteiger partial charge in [-0.15, -0.1) is 11.3 Å². The van der Waals surface area contributed by atoms with Gasteiger partial charge in [0, 0.05) is 4.88 Å². The van der Waals surface area contributed by atoms with Crippen molar-refractivity contribution in [1.29, 1.82) is 5.41 Å². The number of hydrogen-bond donors (Lipinski definition) is 5. The number of amidine groups is 1. The van der Waals surface area contributed by atoms with E-state index >= 15 is 0 Å². The lowest BCUT2D eigenvalue weighted by Gasteiger charge is -2.42. The Kier molecular flexibility index (Phi) is 8.71. The number of fused-ring (bicyclic) bond motifs is 1. The maximum Gasteiger partial charge on any atom is 0.242 e. The summed E-state index contributed by atoms with van der Waals surface area (Å²) in [6.07, 6.45) is 9.46. The molecule has 178 valence electrons. The van der Waals surface area contributed by atoms with E-state index in [2.05, 4.69) is 10.6 Å². The van der Waals surface area contributed by atoms with Crippen molar-refractivity contribution in [3.05, 3.63) is 21.9 Å². The molecule has 5 atom stereocenters. The van der Waals surface area contributed by atoms with Crippen LogP contribution in [0.2, 0.25) is 0 Å². The Morgan fingerprint density at radius 1 is 1.12 bits per heavy atom. The summed E-state index contributed by atoms with van der Waals surface area (Å²) in [7, 11) is 0. The summed E-state index contributed by atoms with van der Waals surface area (Å²) in [6, 6.07) is 2.46. The summed E-state index contributed by atoms with van der Waals surface area (Å²) in [5, 5.41) is 13.5. The van der Waals surface area contributed by atoms with Crippen molar-refractivity contribution >= 4 is 29.0 Å².